The van der Waals surface area contributed by atoms with Crippen molar-refractivity contribution in [2.45, 2.75) is 19.4 Å². The lowest BCUT2D eigenvalue weighted by atomic mass is 10.1. The maximum absolute atomic E-state index is 5.83. The standard InChI is InChI=1S/C26H26N4O3.HI/c1-5-19-7-2-12-27-25(19)20(6-1)18-29-26(28-13-11-22-8-3-14-31-22)30-21-9-10-23-24(17-21)33-16-4-15-32-23;/h1-3,5-10,12,14,17H,4,11,13,15-16,18H2,(H2,28,29,30);1H. The van der Waals surface area contributed by atoms with Crippen LogP contribution in [0.15, 0.2) is 82.5 Å². The average molecular weight is 570 g/mol. The van der Waals surface area contributed by atoms with Gasteiger partial charge in [0.25, 0.3) is 0 Å². The first kappa shape index (κ1) is 23.9. The van der Waals surface area contributed by atoms with Gasteiger partial charge in [0.2, 0.25) is 0 Å². The van der Waals surface area contributed by atoms with E-state index in [0.29, 0.717) is 32.3 Å². The van der Waals surface area contributed by atoms with E-state index < -0.39 is 0 Å². The molecule has 3 heterocycles. The van der Waals surface area contributed by atoms with E-state index in [2.05, 4.69) is 33.8 Å². The third-order valence-electron chi connectivity index (χ3n) is 5.38. The van der Waals surface area contributed by atoms with E-state index in [4.69, 9.17) is 18.9 Å². The number of hydrogen-bond acceptors (Lipinski definition) is 5. The van der Waals surface area contributed by atoms with Gasteiger partial charge in [-0.15, -0.1) is 24.0 Å². The Balaban J connectivity index is 0.00000274. The smallest absolute Gasteiger partial charge is 0.196 e. The third-order valence-corrected chi connectivity index (χ3v) is 5.38. The van der Waals surface area contributed by atoms with Crippen LogP contribution in [0.5, 0.6) is 11.5 Å². The Bertz CT molecular complexity index is 1240. The van der Waals surface area contributed by atoms with Gasteiger partial charge < -0.3 is 24.5 Å². The second-order valence-electron chi connectivity index (χ2n) is 7.75. The molecule has 2 aromatic heterocycles. The summed E-state index contributed by atoms with van der Waals surface area (Å²) < 4.78 is 17.0. The molecule has 0 bridgehead atoms. The zero-order valence-electron chi connectivity index (χ0n) is 18.7. The monoisotopic (exact) mass is 570 g/mol. The molecule has 0 radical (unpaired) electrons. The van der Waals surface area contributed by atoms with E-state index in [9.17, 15) is 0 Å². The number of nitrogens with zero attached hydrogens (tertiary/aromatic N) is 2. The maximum Gasteiger partial charge on any atom is 0.196 e. The molecule has 0 spiro atoms. The summed E-state index contributed by atoms with van der Waals surface area (Å²) in [5.74, 6) is 3.11. The number of guanidine groups is 1. The van der Waals surface area contributed by atoms with Crippen LogP contribution < -0.4 is 20.1 Å². The molecule has 0 amide bonds. The van der Waals surface area contributed by atoms with Crippen molar-refractivity contribution in [3.63, 3.8) is 0 Å². The number of furan rings is 1. The molecule has 7 nitrogen and oxygen atoms in total. The molecule has 5 rings (SSSR count). The fraction of sp³-hybridized carbons (Fsp3) is 0.231. The molecule has 2 aromatic carbocycles. The molecule has 176 valence electrons. The Kier molecular flexibility index (Phi) is 8.24. The normalized spacial score (nSPS) is 13.1. The number of rotatable bonds is 6. The molecule has 0 unspecified atom stereocenters. The van der Waals surface area contributed by atoms with Crippen LogP contribution in [-0.2, 0) is 13.0 Å². The van der Waals surface area contributed by atoms with Gasteiger partial charge >= 0.3 is 0 Å². The maximum atomic E-state index is 5.83. The summed E-state index contributed by atoms with van der Waals surface area (Å²) >= 11 is 0. The predicted molar refractivity (Wildman–Crippen MR) is 144 cm³/mol. The first-order valence-electron chi connectivity index (χ1n) is 11.2. The van der Waals surface area contributed by atoms with E-state index >= 15 is 0 Å². The van der Waals surface area contributed by atoms with Crippen LogP contribution in [0.3, 0.4) is 0 Å². The molecule has 0 saturated heterocycles. The van der Waals surface area contributed by atoms with Crippen LogP contribution in [0.1, 0.15) is 17.7 Å². The zero-order valence-corrected chi connectivity index (χ0v) is 21.0. The second-order valence-corrected chi connectivity index (χ2v) is 7.75. The predicted octanol–water partition coefficient (Wildman–Crippen LogP) is 5.41. The van der Waals surface area contributed by atoms with Gasteiger partial charge in [-0.3, -0.25) is 4.98 Å². The largest absolute Gasteiger partial charge is 0.490 e. The third kappa shape index (κ3) is 5.99. The molecule has 0 fully saturated rings. The van der Waals surface area contributed by atoms with Crippen molar-refractivity contribution >= 4 is 46.5 Å². The Hall–Kier alpha value is -3.27. The van der Waals surface area contributed by atoms with Crippen molar-refractivity contribution in [3.05, 3.63) is 84.4 Å². The number of aliphatic imine (C=N–C) groups is 1. The number of pyridine rings is 1. The van der Waals surface area contributed by atoms with Gasteiger partial charge in [-0.05, 0) is 35.9 Å². The van der Waals surface area contributed by atoms with E-state index in [1.54, 1.807) is 6.26 Å². The number of anilines is 1. The molecule has 0 atom stereocenters. The average Bonchev–Trinajstić information content (AvgIpc) is 3.26. The summed E-state index contributed by atoms with van der Waals surface area (Å²) in [6, 6.07) is 19.9. The number of halogens is 1. The van der Waals surface area contributed by atoms with Crippen LogP contribution in [0.4, 0.5) is 5.69 Å². The summed E-state index contributed by atoms with van der Waals surface area (Å²) in [6.07, 6.45) is 5.13. The molecule has 8 heteroatoms. The van der Waals surface area contributed by atoms with Gasteiger partial charge in [0.15, 0.2) is 17.5 Å². The highest BCUT2D eigenvalue weighted by atomic mass is 127. The fourth-order valence-corrected chi connectivity index (χ4v) is 3.74. The van der Waals surface area contributed by atoms with Gasteiger partial charge in [-0.1, -0.05) is 24.3 Å². The number of nitrogens with one attached hydrogen (secondary N) is 2. The Morgan fingerprint density at radius 2 is 1.85 bits per heavy atom. The lowest BCUT2D eigenvalue weighted by Gasteiger charge is -2.14. The number of ether oxygens (including phenoxy) is 2. The summed E-state index contributed by atoms with van der Waals surface area (Å²) in [5.41, 5.74) is 2.91. The minimum Gasteiger partial charge on any atom is -0.490 e. The van der Waals surface area contributed by atoms with Crippen LogP contribution in [0, 0.1) is 0 Å². The summed E-state index contributed by atoms with van der Waals surface area (Å²) in [7, 11) is 0. The van der Waals surface area contributed by atoms with E-state index in [1.807, 2.05) is 48.7 Å². The number of aromatic nitrogens is 1. The molecule has 1 aliphatic heterocycles. The van der Waals surface area contributed by atoms with Gasteiger partial charge in [-0.2, -0.15) is 0 Å². The van der Waals surface area contributed by atoms with Gasteiger partial charge in [0.1, 0.15) is 5.76 Å². The van der Waals surface area contributed by atoms with Crippen LogP contribution in [0.2, 0.25) is 0 Å². The molecule has 0 saturated carbocycles. The van der Waals surface area contributed by atoms with E-state index in [-0.39, 0.29) is 24.0 Å². The molecule has 2 N–H and O–H groups in total. The van der Waals surface area contributed by atoms with Crippen molar-refractivity contribution in [3.8, 4) is 11.5 Å². The highest BCUT2D eigenvalue weighted by Gasteiger charge is 2.12. The van der Waals surface area contributed by atoms with Crippen molar-refractivity contribution in [2.75, 3.05) is 25.1 Å². The van der Waals surface area contributed by atoms with Crippen LogP contribution >= 0.6 is 24.0 Å². The van der Waals surface area contributed by atoms with Crippen LogP contribution in [-0.4, -0.2) is 30.7 Å². The van der Waals surface area contributed by atoms with E-state index in [1.165, 1.54) is 0 Å². The van der Waals surface area contributed by atoms with Gasteiger partial charge in [0.05, 0.1) is 31.5 Å². The van der Waals surface area contributed by atoms with Crippen molar-refractivity contribution in [1.82, 2.24) is 10.3 Å². The lowest BCUT2D eigenvalue weighted by molar-refractivity contribution is 0.297. The Morgan fingerprint density at radius 1 is 0.971 bits per heavy atom. The van der Waals surface area contributed by atoms with E-state index in [0.717, 1.165) is 52.3 Å². The molecule has 0 aliphatic carbocycles. The first-order valence-corrected chi connectivity index (χ1v) is 11.2. The Morgan fingerprint density at radius 3 is 2.74 bits per heavy atom. The summed E-state index contributed by atoms with van der Waals surface area (Å²) in [6.45, 7) is 2.49. The molecule has 1 aliphatic rings. The molecule has 34 heavy (non-hydrogen) atoms. The fourth-order valence-electron chi connectivity index (χ4n) is 3.74. The molecular weight excluding hydrogens is 543 g/mol. The van der Waals surface area contributed by atoms with Crippen molar-refractivity contribution < 1.29 is 13.9 Å². The lowest BCUT2D eigenvalue weighted by Crippen LogP contribution is -2.32. The number of para-hydroxylation sites is 1. The van der Waals surface area contributed by atoms with Crippen molar-refractivity contribution in [1.29, 1.82) is 0 Å². The van der Waals surface area contributed by atoms with Crippen LogP contribution in [0.25, 0.3) is 10.9 Å². The van der Waals surface area contributed by atoms with Gasteiger partial charge in [-0.25, -0.2) is 4.99 Å². The number of hydrogen-bond donors (Lipinski definition) is 2. The summed E-state index contributed by atoms with van der Waals surface area (Å²) in [5, 5.41) is 7.91. The minimum absolute atomic E-state index is 0. The first-order chi connectivity index (χ1) is 16.3. The van der Waals surface area contributed by atoms with Gasteiger partial charge in [0, 0.05) is 42.7 Å². The minimum atomic E-state index is 0. The topological polar surface area (TPSA) is 80.9 Å². The highest BCUT2D eigenvalue weighted by Crippen LogP contribution is 2.32. The molecule has 4 aromatic rings. The number of fused-ring (bicyclic) bond motifs is 2. The SMILES string of the molecule is I.c1coc(CCNC(=NCc2cccc3cccnc23)Nc2ccc3c(c2)OCCCO3)c1. The second kappa shape index (κ2) is 11.7. The Labute approximate surface area is 215 Å². The zero-order chi connectivity index (χ0) is 22.3. The summed E-state index contributed by atoms with van der Waals surface area (Å²) in [4.78, 5) is 9.38. The van der Waals surface area contributed by atoms with Crippen molar-refractivity contribution in [2.24, 2.45) is 4.99 Å². The molecular formula is C26H27IN4O3. The quantitative estimate of drug-likeness (QED) is 0.184. The highest BCUT2D eigenvalue weighted by molar-refractivity contribution is 14.0. The number of benzene rings is 2.